The number of rotatable bonds is 7. The molecule has 0 aliphatic carbocycles. The molecule has 0 saturated heterocycles. The first-order valence-electron chi connectivity index (χ1n) is 6.81. The molecule has 2 N–H and O–H groups in total. The number of aromatic nitrogens is 1. The number of hydrogen-bond donors (Lipinski definition) is 2. The molecule has 1 aromatic carbocycles. The van der Waals surface area contributed by atoms with E-state index < -0.39 is 0 Å². The highest BCUT2D eigenvalue weighted by atomic mass is 35.5. The summed E-state index contributed by atoms with van der Waals surface area (Å²) < 4.78 is 13.1. The fourth-order valence-electron chi connectivity index (χ4n) is 1.90. The van der Waals surface area contributed by atoms with Crippen molar-refractivity contribution in [1.82, 2.24) is 10.3 Å². The lowest BCUT2D eigenvalue weighted by Gasteiger charge is -2.01. The number of thiazole rings is 1. The number of benzene rings is 1. The minimum atomic E-state index is -0.241. The molecule has 0 unspecified atom stereocenters. The number of halogens is 2. The third-order valence-corrected chi connectivity index (χ3v) is 3.81. The van der Waals surface area contributed by atoms with Crippen molar-refractivity contribution in [1.29, 1.82) is 0 Å². The lowest BCUT2D eigenvalue weighted by atomic mass is 10.1. The molecule has 2 aromatic rings. The Kier molecular flexibility index (Phi) is 8.01. The molecular weight excluding hydrogens is 325 g/mol. The van der Waals surface area contributed by atoms with Crippen LogP contribution < -0.4 is 10.6 Å². The Labute approximate surface area is 139 Å². The van der Waals surface area contributed by atoms with Crippen molar-refractivity contribution in [2.45, 2.75) is 19.3 Å². The highest BCUT2D eigenvalue weighted by molar-refractivity contribution is 7.15. The van der Waals surface area contributed by atoms with Crippen LogP contribution in [0.4, 0.5) is 9.52 Å². The molecule has 0 spiro atoms. The van der Waals surface area contributed by atoms with Crippen LogP contribution in [-0.2, 0) is 11.2 Å². The summed E-state index contributed by atoms with van der Waals surface area (Å²) in [6.45, 7) is 0.816. The molecule has 120 valence electrons. The second-order valence-electron chi connectivity index (χ2n) is 4.69. The normalized spacial score (nSPS) is 10.1. The van der Waals surface area contributed by atoms with E-state index in [4.69, 9.17) is 0 Å². The maximum Gasteiger partial charge on any atom is 0.226 e. The zero-order valence-corrected chi connectivity index (χ0v) is 13.9. The van der Waals surface area contributed by atoms with E-state index in [0.29, 0.717) is 18.0 Å². The first-order chi connectivity index (χ1) is 10.2. The van der Waals surface area contributed by atoms with Gasteiger partial charge in [0.15, 0.2) is 5.13 Å². The monoisotopic (exact) mass is 343 g/mol. The quantitative estimate of drug-likeness (QED) is 0.759. The third kappa shape index (κ3) is 6.09. The van der Waals surface area contributed by atoms with Crippen molar-refractivity contribution >= 4 is 34.8 Å². The van der Waals surface area contributed by atoms with Crippen molar-refractivity contribution in [3.05, 3.63) is 46.7 Å². The number of hydrogen-bond acceptors (Lipinski definition) is 4. The average molecular weight is 344 g/mol. The van der Waals surface area contributed by atoms with E-state index in [9.17, 15) is 9.18 Å². The molecule has 0 atom stereocenters. The summed E-state index contributed by atoms with van der Waals surface area (Å²) >= 11 is 1.42. The predicted octanol–water partition coefficient (Wildman–Crippen LogP) is 3.23. The lowest BCUT2D eigenvalue weighted by Crippen LogP contribution is -2.14. The summed E-state index contributed by atoms with van der Waals surface area (Å²) in [5.41, 5.74) is 0.894. The summed E-state index contributed by atoms with van der Waals surface area (Å²) in [5.74, 6) is -0.271. The molecule has 1 aromatic heterocycles. The van der Waals surface area contributed by atoms with Gasteiger partial charge in [-0.1, -0.05) is 12.1 Å². The maximum atomic E-state index is 13.1. The largest absolute Gasteiger partial charge is 0.320 e. The smallest absolute Gasteiger partial charge is 0.226 e. The standard InChI is InChI=1S/C15H18FN3OS.ClH/c1-17-7-3-6-14(20)19-15-18-10-13(21-15)9-11-4-2-5-12(16)8-11;/h2,4-5,8,10,17H,3,6-7,9H2,1H3,(H,18,19,20);1H. The van der Waals surface area contributed by atoms with Gasteiger partial charge in [0.2, 0.25) is 5.91 Å². The molecule has 7 heteroatoms. The van der Waals surface area contributed by atoms with E-state index in [-0.39, 0.29) is 24.1 Å². The third-order valence-electron chi connectivity index (χ3n) is 2.90. The average Bonchev–Trinajstić information content (AvgIpc) is 2.86. The van der Waals surface area contributed by atoms with E-state index >= 15 is 0 Å². The molecule has 4 nitrogen and oxygen atoms in total. The number of anilines is 1. The molecule has 1 amide bonds. The van der Waals surface area contributed by atoms with Crippen molar-refractivity contribution in [3.8, 4) is 0 Å². The van der Waals surface area contributed by atoms with Gasteiger partial charge in [-0.3, -0.25) is 4.79 Å². The van der Waals surface area contributed by atoms with Crippen LogP contribution in [0.1, 0.15) is 23.3 Å². The molecule has 0 radical (unpaired) electrons. The maximum absolute atomic E-state index is 13.1. The second kappa shape index (κ2) is 9.50. The summed E-state index contributed by atoms with van der Waals surface area (Å²) in [5, 5.41) is 6.38. The van der Waals surface area contributed by atoms with Crippen LogP contribution in [0.2, 0.25) is 0 Å². The highest BCUT2D eigenvalue weighted by Crippen LogP contribution is 2.21. The Hall–Kier alpha value is -1.50. The van der Waals surface area contributed by atoms with Crippen LogP contribution in [0.5, 0.6) is 0 Å². The number of carbonyl (C=O) groups is 1. The van der Waals surface area contributed by atoms with Crippen molar-refractivity contribution < 1.29 is 9.18 Å². The Morgan fingerprint density at radius 2 is 2.23 bits per heavy atom. The Bertz CT molecular complexity index is 606. The van der Waals surface area contributed by atoms with Crippen molar-refractivity contribution in [3.63, 3.8) is 0 Å². The van der Waals surface area contributed by atoms with Gasteiger partial charge in [-0.2, -0.15) is 0 Å². The van der Waals surface area contributed by atoms with E-state index in [2.05, 4.69) is 15.6 Å². The lowest BCUT2D eigenvalue weighted by molar-refractivity contribution is -0.116. The molecule has 0 aliphatic rings. The van der Waals surface area contributed by atoms with E-state index in [1.807, 2.05) is 13.1 Å². The Morgan fingerprint density at radius 3 is 2.95 bits per heavy atom. The predicted molar refractivity (Wildman–Crippen MR) is 90.4 cm³/mol. The highest BCUT2D eigenvalue weighted by Gasteiger charge is 2.07. The first kappa shape index (κ1) is 18.5. The van der Waals surface area contributed by atoms with Gasteiger partial charge >= 0.3 is 0 Å². The number of nitrogens with one attached hydrogen (secondary N) is 2. The van der Waals surface area contributed by atoms with E-state index in [1.54, 1.807) is 12.3 Å². The molecule has 22 heavy (non-hydrogen) atoms. The van der Waals surface area contributed by atoms with Crippen LogP contribution in [-0.4, -0.2) is 24.5 Å². The van der Waals surface area contributed by atoms with Crippen LogP contribution in [0.3, 0.4) is 0 Å². The number of amides is 1. The van der Waals surface area contributed by atoms with Gasteiger partial charge in [-0.15, -0.1) is 23.7 Å². The summed E-state index contributed by atoms with van der Waals surface area (Å²) in [4.78, 5) is 16.8. The van der Waals surface area contributed by atoms with Gasteiger partial charge in [0.1, 0.15) is 5.82 Å². The topological polar surface area (TPSA) is 54.0 Å². The molecule has 0 fully saturated rings. The fourth-order valence-corrected chi connectivity index (χ4v) is 2.77. The zero-order chi connectivity index (χ0) is 15.1. The van der Waals surface area contributed by atoms with Gasteiger partial charge in [0, 0.05) is 23.9 Å². The number of nitrogens with zero attached hydrogens (tertiary/aromatic N) is 1. The first-order valence-corrected chi connectivity index (χ1v) is 7.62. The second-order valence-corrected chi connectivity index (χ2v) is 5.81. The number of carbonyl (C=O) groups excluding carboxylic acids is 1. The molecule has 2 rings (SSSR count). The van der Waals surface area contributed by atoms with Crippen LogP contribution in [0.15, 0.2) is 30.5 Å². The zero-order valence-electron chi connectivity index (χ0n) is 12.3. The molecule has 1 heterocycles. The molecule has 0 bridgehead atoms. The molecular formula is C15H19ClFN3OS. The van der Waals surface area contributed by atoms with Crippen LogP contribution in [0, 0.1) is 5.82 Å². The van der Waals surface area contributed by atoms with Crippen LogP contribution >= 0.6 is 23.7 Å². The van der Waals surface area contributed by atoms with Gasteiger partial charge < -0.3 is 10.6 Å². The van der Waals surface area contributed by atoms with Gasteiger partial charge in [-0.05, 0) is 37.7 Å². The minimum absolute atomic E-state index is 0. The van der Waals surface area contributed by atoms with Gasteiger partial charge in [0.05, 0.1) is 0 Å². The molecule has 0 saturated carbocycles. The van der Waals surface area contributed by atoms with Crippen molar-refractivity contribution in [2.24, 2.45) is 0 Å². The van der Waals surface area contributed by atoms with Crippen molar-refractivity contribution in [2.75, 3.05) is 18.9 Å². The van der Waals surface area contributed by atoms with Gasteiger partial charge in [0.25, 0.3) is 0 Å². The summed E-state index contributed by atoms with van der Waals surface area (Å²) in [7, 11) is 1.86. The van der Waals surface area contributed by atoms with E-state index in [0.717, 1.165) is 23.4 Å². The minimum Gasteiger partial charge on any atom is -0.320 e. The van der Waals surface area contributed by atoms with Gasteiger partial charge in [-0.25, -0.2) is 9.37 Å². The fraction of sp³-hybridized carbons (Fsp3) is 0.333. The molecule has 0 aliphatic heterocycles. The Balaban J connectivity index is 0.00000242. The Morgan fingerprint density at radius 1 is 1.41 bits per heavy atom. The van der Waals surface area contributed by atoms with Crippen LogP contribution in [0.25, 0.3) is 0 Å². The summed E-state index contributed by atoms with van der Waals surface area (Å²) in [6, 6.07) is 6.50. The summed E-state index contributed by atoms with van der Waals surface area (Å²) in [6.07, 6.45) is 3.60. The SMILES string of the molecule is CNCCCC(=O)Nc1ncc(Cc2cccc(F)c2)s1.Cl. The van der Waals surface area contributed by atoms with E-state index in [1.165, 1.54) is 23.5 Å².